The lowest BCUT2D eigenvalue weighted by Gasteiger charge is -2.39. The third-order valence-corrected chi connectivity index (χ3v) is 13.0. The maximum Gasteiger partial charge on any atom is 0.137 e. The van der Waals surface area contributed by atoms with E-state index < -0.39 is 0 Å². The van der Waals surface area contributed by atoms with E-state index in [1.165, 1.54) is 77.3 Å². The van der Waals surface area contributed by atoms with Crippen molar-refractivity contribution in [3.05, 3.63) is 173 Å². The van der Waals surface area contributed by atoms with Gasteiger partial charge in [-0.15, -0.1) is 0 Å². The lowest BCUT2D eigenvalue weighted by atomic mass is 9.70. The predicted molar refractivity (Wildman–Crippen MR) is 237 cm³/mol. The summed E-state index contributed by atoms with van der Waals surface area (Å²) in [6, 6.07) is 54.0. The summed E-state index contributed by atoms with van der Waals surface area (Å²) >= 11 is 0. The van der Waals surface area contributed by atoms with E-state index in [0.717, 1.165) is 33.3 Å². The zero-order chi connectivity index (χ0) is 38.3. The number of furan rings is 1. The zero-order valence-corrected chi connectivity index (χ0v) is 33.2. The van der Waals surface area contributed by atoms with Crippen LogP contribution >= 0.6 is 0 Å². The summed E-state index contributed by atoms with van der Waals surface area (Å²) in [4.78, 5) is 2.59. The van der Waals surface area contributed by atoms with Gasteiger partial charge in [0.05, 0.1) is 5.69 Å². The van der Waals surface area contributed by atoms with E-state index in [1.54, 1.807) is 0 Å². The first-order chi connectivity index (χ1) is 26.9. The SMILES string of the molecule is CC(C)(C)c1c2c(c(N(c3ccc4c(ccc5ccccc54)c3)c3ccc4c(c3)oc3ccccc34)c3c1-c1ccccc1C3(C)C)C(C)(C)c1ccccc1-2. The van der Waals surface area contributed by atoms with Crippen LogP contribution in [0.5, 0.6) is 0 Å². The molecule has 272 valence electrons. The third kappa shape index (κ3) is 4.39. The summed E-state index contributed by atoms with van der Waals surface area (Å²) in [5, 5.41) is 7.29. The molecule has 0 atom stereocenters. The second kappa shape index (κ2) is 11.2. The van der Waals surface area contributed by atoms with Crippen LogP contribution in [0.2, 0.25) is 0 Å². The maximum absolute atomic E-state index is 6.64. The molecule has 0 aliphatic heterocycles. The van der Waals surface area contributed by atoms with E-state index in [-0.39, 0.29) is 16.2 Å². The monoisotopic (exact) mass is 723 g/mol. The number of rotatable bonds is 3. The molecule has 11 rings (SSSR count). The van der Waals surface area contributed by atoms with Crippen LogP contribution in [-0.2, 0) is 16.2 Å². The highest BCUT2D eigenvalue weighted by Crippen LogP contribution is 2.65. The van der Waals surface area contributed by atoms with Crippen LogP contribution in [0.15, 0.2) is 150 Å². The van der Waals surface area contributed by atoms with E-state index in [9.17, 15) is 0 Å². The molecule has 0 saturated carbocycles. The van der Waals surface area contributed by atoms with Crippen molar-refractivity contribution < 1.29 is 4.42 Å². The van der Waals surface area contributed by atoms with Gasteiger partial charge in [0.2, 0.25) is 0 Å². The van der Waals surface area contributed by atoms with Gasteiger partial charge in [0.15, 0.2) is 0 Å². The molecule has 2 nitrogen and oxygen atoms in total. The average molecular weight is 724 g/mol. The normalized spacial score (nSPS) is 15.0. The van der Waals surface area contributed by atoms with E-state index in [2.05, 4.69) is 199 Å². The minimum absolute atomic E-state index is 0.129. The number of nitrogens with zero attached hydrogens (tertiary/aromatic N) is 1. The van der Waals surface area contributed by atoms with Crippen molar-refractivity contribution in [3.8, 4) is 22.3 Å². The molecular formula is C54H45NO. The molecular weight excluding hydrogens is 679 g/mol. The van der Waals surface area contributed by atoms with Crippen molar-refractivity contribution in [1.29, 1.82) is 0 Å². The van der Waals surface area contributed by atoms with Gasteiger partial charge in [-0.05, 0) is 107 Å². The molecule has 0 N–H and O–H groups in total. The van der Waals surface area contributed by atoms with Crippen LogP contribution in [0.3, 0.4) is 0 Å². The van der Waals surface area contributed by atoms with Crippen molar-refractivity contribution in [2.24, 2.45) is 0 Å². The lowest BCUT2D eigenvalue weighted by Crippen LogP contribution is -2.27. The molecule has 1 heterocycles. The molecule has 9 aromatic rings. The summed E-state index contributed by atoms with van der Waals surface area (Å²) < 4.78 is 6.64. The fourth-order valence-corrected chi connectivity index (χ4v) is 10.6. The quantitative estimate of drug-likeness (QED) is 0.169. The number of fused-ring (bicyclic) bond motifs is 12. The van der Waals surface area contributed by atoms with E-state index in [4.69, 9.17) is 4.42 Å². The molecule has 1 aromatic heterocycles. The predicted octanol–water partition coefficient (Wildman–Crippen LogP) is 15.3. The minimum Gasteiger partial charge on any atom is -0.456 e. The van der Waals surface area contributed by atoms with E-state index >= 15 is 0 Å². The van der Waals surface area contributed by atoms with Gasteiger partial charge in [-0.1, -0.05) is 158 Å². The molecule has 8 aromatic carbocycles. The van der Waals surface area contributed by atoms with Gasteiger partial charge in [0.1, 0.15) is 11.2 Å². The Morgan fingerprint density at radius 1 is 0.464 bits per heavy atom. The summed E-state index contributed by atoms with van der Waals surface area (Å²) in [5.41, 5.74) is 17.1. The number of hydrogen-bond acceptors (Lipinski definition) is 2. The second-order valence-electron chi connectivity index (χ2n) is 18.1. The van der Waals surface area contributed by atoms with Gasteiger partial charge >= 0.3 is 0 Å². The molecule has 2 heteroatoms. The van der Waals surface area contributed by atoms with Crippen molar-refractivity contribution in [3.63, 3.8) is 0 Å². The third-order valence-electron chi connectivity index (χ3n) is 13.0. The molecule has 0 unspecified atom stereocenters. The van der Waals surface area contributed by atoms with Crippen molar-refractivity contribution in [2.45, 2.75) is 64.7 Å². The average Bonchev–Trinajstić information content (AvgIpc) is 3.77. The standard InChI is InChI=1S/C54H45NO/c1-52(2,3)48-46-40-19-10-13-21-42(40)53(4,5)49(46)51(50-47(48)41-20-11-14-22-43(41)54(50,6)7)55(35-27-29-39-38-18-12-15-23-44(38)56-45(39)31-35)34-26-28-37-33(30-34)25-24-32-16-8-9-17-36(32)37/h8-31H,1-7H3. The Kier molecular flexibility index (Phi) is 6.67. The summed E-state index contributed by atoms with van der Waals surface area (Å²) in [6.07, 6.45) is 0. The number of anilines is 3. The van der Waals surface area contributed by atoms with Crippen molar-refractivity contribution in [2.75, 3.05) is 4.90 Å². The first-order valence-electron chi connectivity index (χ1n) is 20.0. The molecule has 0 spiro atoms. The van der Waals surface area contributed by atoms with E-state index in [0.29, 0.717) is 0 Å². The Balaban J connectivity index is 1.33. The lowest BCUT2D eigenvalue weighted by molar-refractivity contribution is 0.587. The Labute approximate surface area is 329 Å². The molecule has 56 heavy (non-hydrogen) atoms. The molecule has 0 bridgehead atoms. The molecule has 2 aliphatic rings. The fourth-order valence-electron chi connectivity index (χ4n) is 10.6. The van der Waals surface area contributed by atoms with E-state index in [1.807, 2.05) is 0 Å². The number of para-hydroxylation sites is 1. The zero-order valence-electron chi connectivity index (χ0n) is 33.2. The highest BCUT2D eigenvalue weighted by molar-refractivity contribution is 6.11. The van der Waals surface area contributed by atoms with Crippen LogP contribution in [0, 0.1) is 0 Å². The minimum atomic E-state index is -0.282. The molecule has 2 aliphatic carbocycles. The first kappa shape index (κ1) is 33.2. The molecule has 0 saturated heterocycles. The van der Waals surface area contributed by atoms with Gasteiger partial charge in [0, 0.05) is 39.0 Å². The Bertz CT molecular complexity index is 3040. The van der Waals surface area contributed by atoms with Gasteiger partial charge in [0.25, 0.3) is 0 Å². The Hall–Kier alpha value is -6.12. The smallest absolute Gasteiger partial charge is 0.137 e. The molecule has 0 amide bonds. The summed E-state index contributed by atoms with van der Waals surface area (Å²) in [7, 11) is 0. The van der Waals surface area contributed by atoms with Crippen LogP contribution in [0.25, 0.3) is 65.7 Å². The highest BCUT2D eigenvalue weighted by atomic mass is 16.3. The van der Waals surface area contributed by atoms with Crippen LogP contribution in [0.4, 0.5) is 17.1 Å². The largest absolute Gasteiger partial charge is 0.456 e. The van der Waals surface area contributed by atoms with Crippen LogP contribution in [0.1, 0.15) is 76.3 Å². The first-order valence-corrected chi connectivity index (χ1v) is 20.0. The number of hydrogen-bond donors (Lipinski definition) is 0. The van der Waals surface area contributed by atoms with Gasteiger partial charge in [-0.25, -0.2) is 0 Å². The maximum atomic E-state index is 6.64. The fraction of sp³-hybridized carbons (Fsp3) is 0.185. The molecule has 0 radical (unpaired) electrons. The Morgan fingerprint density at radius 2 is 0.964 bits per heavy atom. The highest BCUT2D eigenvalue weighted by Gasteiger charge is 2.50. The number of benzene rings is 8. The molecule has 0 fully saturated rings. The Morgan fingerprint density at radius 3 is 1.62 bits per heavy atom. The topological polar surface area (TPSA) is 16.4 Å². The van der Waals surface area contributed by atoms with Gasteiger partial charge < -0.3 is 9.32 Å². The summed E-state index contributed by atoms with van der Waals surface area (Å²) in [6.45, 7) is 17.0. The van der Waals surface area contributed by atoms with Gasteiger partial charge in [-0.2, -0.15) is 0 Å². The van der Waals surface area contributed by atoms with Gasteiger partial charge in [-0.3, -0.25) is 0 Å². The van der Waals surface area contributed by atoms with Crippen molar-refractivity contribution >= 4 is 60.5 Å². The van der Waals surface area contributed by atoms with Crippen LogP contribution in [-0.4, -0.2) is 0 Å². The van der Waals surface area contributed by atoms with Crippen LogP contribution < -0.4 is 4.90 Å². The summed E-state index contributed by atoms with van der Waals surface area (Å²) in [5.74, 6) is 0. The second-order valence-corrected chi connectivity index (χ2v) is 18.1. The van der Waals surface area contributed by atoms with Crippen molar-refractivity contribution in [1.82, 2.24) is 0 Å².